The minimum atomic E-state index is -5.16. The van der Waals surface area contributed by atoms with E-state index in [4.69, 9.17) is 0 Å². The van der Waals surface area contributed by atoms with Gasteiger partial charge in [0.1, 0.15) is 3.70 Å². The molecule has 0 unspecified atom stereocenters. The Morgan fingerprint density at radius 2 is 2.00 bits per heavy atom. The Labute approximate surface area is 105 Å². The number of nitrogens with zero attached hydrogens (tertiary/aromatic N) is 1. The molecular weight excluding hydrogens is 364 g/mol. The van der Waals surface area contributed by atoms with Crippen molar-refractivity contribution in [1.82, 2.24) is 4.98 Å². The molecule has 0 aliphatic heterocycles. The fourth-order valence-corrected chi connectivity index (χ4v) is 1.50. The highest BCUT2D eigenvalue weighted by Gasteiger charge is 2.35. The van der Waals surface area contributed by atoms with E-state index in [0.717, 1.165) is 0 Å². The molecule has 1 aromatic rings. The zero-order valence-electron chi connectivity index (χ0n) is 7.76. The number of alkyl halides is 5. The third-order valence-electron chi connectivity index (χ3n) is 1.62. The lowest BCUT2D eigenvalue weighted by molar-refractivity contribution is -0.275. The fraction of sp³-hybridized carbons (Fsp3) is 0.250. The lowest BCUT2D eigenvalue weighted by atomic mass is 10.2. The first-order valence-corrected chi connectivity index (χ1v) is 5.01. The van der Waals surface area contributed by atoms with Crippen LogP contribution in [-0.4, -0.2) is 17.6 Å². The summed E-state index contributed by atoms with van der Waals surface area (Å²) in [4.78, 5) is 14.0. The van der Waals surface area contributed by atoms with Crippen LogP contribution in [-0.2, 0) is 0 Å². The van der Waals surface area contributed by atoms with Crippen LogP contribution in [0.4, 0.5) is 22.0 Å². The molecule has 0 aromatic carbocycles. The van der Waals surface area contributed by atoms with Crippen molar-refractivity contribution in [3.05, 3.63) is 21.0 Å². The molecule has 1 aromatic heterocycles. The number of pyridine rings is 1. The first-order chi connectivity index (χ1) is 7.76. The van der Waals surface area contributed by atoms with Gasteiger partial charge < -0.3 is 4.74 Å². The summed E-state index contributed by atoms with van der Waals surface area (Å²) in [6, 6.07) is 0. The minimum absolute atomic E-state index is 0.0122. The maximum Gasteiger partial charge on any atom is 0.573 e. The summed E-state index contributed by atoms with van der Waals surface area (Å²) in [5, 5.41) is 0. The van der Waals surface area contributed by atoms with Gasteiger partial charge in [-0.05, 0) is 22.6 Å². The van der Waals surface area contributed by atoms with Gasteiger partial charge in [-0.25, -0.2) is 13.8 Å². The number of hydrogen-bond donors (Lipinski definition) is 0. The summed E-state index contributed by atoms with van der Waals surface area (Å²) in [6.07, 6.45) is -7.86. The zero-order valence-corrected chi connectivity index (χ0v) is 9.92. The summed E-state index contributed by atoms with van der Waals surface area (Å²) in [7, 11) is 0. The molecule has 0 aliphatic rings. The number of aldehydes is 1. The number of halogens is 6. The molecule has 0 atom stereocenters. The second-order valence-electron chi connectivity index (χ2n) is 2.71. The Bertz CT molecular complexity index is 435. The number of rotatable bonds is 3. The molecule has 0 spiro atoms. The average molecular weight is 367 g/mol. The third-order valence-corrected chi connectivity index (χ3v) is 2.48. The molecule has 3 nitrogen and oxygen atoms in total. The standard InChI is InChI=1S/C8H3F5INO2/c9-6(10)3-1-15-7(14)4(2-16)5(3)17-8(11,12)13/h1-2,6H. The van der Waals surface area contributed by atoms with Crippen LogP contribution in [0.1, 0.15) is 22.3 Å². The highest BCUT2D eigenvalue weighted by Crippen LogP contribution is 2.36. The van der Waals surface area contributed by atoms with E-state index in [2.05, 4.69) is 9.72 Å². The van der Waals surface area contributed by atoms with Crippen LogP contribution in [0.2, 0.25) is 0 Å². The first kappa shape index (κ1) is 14.1. The van der Waals surface area contributed by atoms with Crippen LogP contribution in [0.25, 0.3) is 0 Å². The number of carbonyl (C=O) groups is 1. The SMILES string of the molecule is O=Cc1c(I)ncc(C(F)F)c1OC(F)(F)F. The van der Waals surface area contributed by atoms with Crippen molar-refractivity contribution in [3.63, 3.8) is 0 Å². The quantitative estimate of drug-likeness (QED) is 0.356. The number of hydrogen-bond acceptors (Lipinski definition) is 3. The predicted octanol–water partition coefficient (Wildman–Crippen LogP) is 3.33. The average Bonchev–Trinajstić information content (AvgIpc) is 2.15. The van der Waals surface area contributed by atoms with Gasteiger partial charge in [0.25, 0.3) is 6.43 Å². The summed E-state index contributed by atoms with van der Waals surface area (Å²) in [5.74, 6) is -1.21. The summed E-state index contributed by atoms with van der Waals surface area (Å²) in [5.41, 5.74) is -1.73. The summed E-state index contributed by atoms with van der Waals surface area (Å²) < 4.78 is 64.3. The fourth-order valence-electron chi connectivity index (χ4n) is 0.991. The van der Waals surface area contributed by atoms with Gasteiger partial charge in [0.2, 0.25) is 0 Å². The molecule has 1 heterocycles. The molecular formula is C8H3F5INO2. The highest BCUT2D eigenvalue weighted by molar-refractivity contribution is 14.1. The molecule has 0 aliphatic carbocycles. The van der Waals surface area contributed by atoms with E-state index in [0.29, 0.717) is 6.20 Å². The maximum absolute atomic E-state index is 12.4. The van der Waals surface area contributed by atoms with Crippen molar-refractivity contribution in [2.75, 3.05) is 0 Å². The first-order valence-electron chi connectivity index (χ1n) is 3.93. The highest BCUT2D eigenvalue weighted by atomic mass is 127. The van der Waals surface area contributed by atoms with Crippen LogP contribution in [0.3, 0.4) is 0 Å². The zero-order chi connectivity index (χ0) is 13.2. The van der Waals surface area contributed by atoms with E-state index in [-0.39, 0.29) is 9.99 Å². The molecule has 17 heavy (non-hydrogen) atoms. The molecule has 0 saturated carbocycles. The van der Waals surface area contributed by atoms with E-state index < -0.39 is 29.7 Å². The van der Waals surface area contributed by atoms with E-state index in [1.807, 2.05) is 0 Å². The van der Waals surface area contributed by atoms with Crippen molar-refractivity contribution >= 4 is 28.9 Å². The third kappa shape index (κ3) is 3.48. The largest absolute Gasteiger partial charge is 0.573 e. The Balaban J connectivity index is 3.39. The molecule has 0 N–H and O–H groups in total. The molecule has 9 heteroatoms. The Kier molecular flexibility index (Phi) is 4.22. The summed E-state index contributed by atoms with van der Waals surface area (Å²) in [6.45, 7) is 0. The van der Waals surface area contributed by atoms with E-state index in [1.165, 1.54) is 22.6 Å². The number of ether oxygens (including phenoxy) is 1. The molecule has 0 bridgehead atoms. The maximum atomic E-state index is 12.4. The van der Waals surface area contributed by atoms with Gasteiger partial charge >= 0.3 is 6.36 Å². The number of carbonyl (C=O) groups excluding carboxylic acids is 1. The van der Waals surface area contributed by atoms with Gasteiger partial charge in [0.05, 0.1) is 11.1 Å². The van der Waals surface area contributed by atoms with E-state index in [9.17, 15) is 26.7 Å². The van der Waals surface area contributed by atoms with Crippen LogP contribution < -0.4 is 4.74 Å². The number of aromatic nitrogens is 1. The normalized spacial score (nSPS) is 11.7. The van der Waals surface area contributed by atoms with Crippen molar-refractivity contribution in [1.29, 1.82) is 0 Å². The monoisotopic (exact) mass is 367 g/mol. The van der Waals surface area contributed by atoms with Gasteiger partial charge in [0.15, 0.2) is 12.0 Å². The molecule has 0 amide bonds. The summed E-state index contributed by atoms with van der Waals surface area (Å²) >= 11 is 1.44. The lowest BCUT2D eigenvalue weighted by Crippen LogP contribution is -2.20. The van der Waals surface area contributed by atoms with Gasteiger partial charge in [-0.2, -0.15) is 0 Å². The van der Waals surface area contributed by atoms with Crippen molar-refractivity contribution in [3.8, 4) is 5.75 Å². The molecule has 94 valence electrons. The lowest BCUT2D eigenvalue weighted by Gasteiger charge is -2.14. The van der Waals surface area contributed by atoms with E-state index in [1.54, 1.807) is 0 Å². The van der Waals surface area contributed by atoms with Gasteiger partial charge in [-0.15, -0.1) is 13.2 Å². The van der Waals surface area contributed by atoms with Gasteiger partial charge in [-0.1, -0.05) is 0 Å². The van der Waals surface area contributed by atoms with E-state index >= 15 is 0 Å². The van der Waals surface area contributed by atoms with Crippen molar-refractivity contribution in [2.45, 2.75) is 12.8 Å². The molecule has 0 fully saturated rings. The van der Waals surface area contributed by atoms with Crippen LogP contribution in [0.5, 0.6) is 5.75 Å². The van der Waals surface area contributed by atoms with Crippen LogP contribution >= 0.6 is 22.6 Å². The Hall–Kier alpha value is -1.00. The topological polar surface area (TPSA) is 39.2 Å². The predicted molar refractivity (Wildman–Crippen MR) is 54.0 cm³/mol. The van der Waals surface area contributed by atoms with Crippen LogP contribution in [0.15, 0.2) is 6.20 Å². The molecule has 0 saturated heterocycles. The van der Waals surface area contributed by atoms with Crippen LogP contribution in [0, 0.1) is 3.70 Å². The van der Waals surface area contributed by atoms with Gasteiger partial charge in [0, 0.05) is 6.20 Å². The smallest absolute Gasteiger partial charge is 0.404 e. The second-order valence-corrected chi connectivity index (χ2v) is 3.74. The molecule has 0 radical (unpaired) electrons. The Morgan fingerprint density at radius 3 is 2.41 bits per heavy atom. The van der Waals surface area contributed by atoms with Gasteiger partial charge in [-0.3, -0.25) is 4.79 Å². The van der Waals surface area contributed by atoms with Crippen molar-refractivity contribution in [2.24, 2.45) is 0 Å². The molecule has 1 rings (SSSR count). The Morgan fingerprint density at radius 1 is 1.41 bits per heavy atom. The second kappa shape index (κ2) is 5.10. The van der Waals surface area contributed by atoms with Crippen molar-refractivity contribution < 1.29 is 31.5 Å². The minimum Gasteiger partial charge on any atom is -0.404 e.